The number of ether oxygens (including phenoxy) is 2. The van der Waals surface area contributed by atoms with E-state index < -0.39 is 24.3 Å². The van der Waals surface area contributed by atoms with Gasteiger partial charge in [0, 0.05) is 41.2 Å². The first kappa shape index (κ1) is 32.2. The zero-order chi connectivity index (χ0) is 32.1. The third-order valence-corrected chi connectivity index (χ3v) is 8.90. The highest BCUT2D eigenvalue weighted by atomic mass is 79.9. The Morgan fingerprint density at radius 3 is 2.11 bits per heavy atom. The van der Waals surface area contributed by atoms with Crippen molar-refractivity contribution in [2.24, 2.45) is 0 Å². The van der Waals surface area contributed by atoms with E-state index in [-0.39, 0.29) is 37.5 Å². The molecule has 0 spiro atoms. The maximum Gasteiger partial charge on any atom is 0.408 e. The number of carbonyl (C=O) groups excluding carboxylic acids is 1. The SMILES string of the molecule is CCN(Cc1ccccc1Cl)C(=O)C1=C(c2ccc(OCCOc3ccc(Br)cc3)cc2)C[C@@H]2CN(C(=O)O)C[C@H]1N2C(=O)O. The number of likely N-dealkylation sites (N-methyl/N-ethyl adjacent to an activating group) is 1. The van der Waals surface area contributed by atoms with Crippen LogP contribution in [0.3, 0.4) is 0 Å². The Bertz CT molecular complexity index is 1580. The minimum atomic E-state index is -1.19. The van der Waals surface area contributed by atoms with Gasteiger partial charge in [-0.3, -0.25) is 9.69 Å². The first-order valence-corrected chi connectivity index (χ1v) is 15.7. The number of hydrogen-bond donors (Lipinski definition) is 2. The van der Waals surface area contributed by atoms with Gasteiger partial charge in [0.2, 0.25) is 0 Å². The fraction of sp³-hybridized carbons (Fsp3) is 0.303. The smallest absolute Gasteiger partial charge is 0.408 e. The van der Waals surface area contributed by atoms with E-state index in [0.717, 1.165) is 21.3 Å². The fourth-order valence-corrected chi connectivity index (χ4v) is 6.29. The summed E-state index contributed by atoms with van der Waals surface area (Å²) in [6.07, 6.45) is -2.17. The Kier molecular flexibility index (Phi) is 10.2. The largest absolute Gasteiger partial charge is 0.490 e. The van der Waals surface area contributed by atoms with Gasteiger partial charge < -0.3 is 29.5 Å². The molecule has 3 aromatic carbocycles. The summed E-state index contributed by atoms with van der Waals surface area (Å²) in [5, 5.41) is 20.5. The van der Waals surface area contributed by atoms with Gasteiger partial charge in [-0.2, -0.15) is 0 Å². The van der Waals surface area contributed by atoms with E-state index in [9.17, 15) is 24.6 Å². The van der Waals surface area contributed by atoms with E-state index in [2.05, 4.69) is 15.9 Å². The monoisotopic (exact) mass is 697 g/mol. The van der Waals surface area contributed by atoms with Crippen LogP contribution in [0.15, 0.2) is 82.8 Å². The van der Waals surface area contributed by atoms with Crippen molar-refractivity contribution in [3.8, 4) is 11.5 Å². The minimum absolute atomic E-state index is 0.0137. The number of hydrogen-bond acceptors (Lipinski definition) is 5. The third-order valence-electron chi connectivity index (χ3n) is 8.00. The van der Waals surface area contributed by atoms with Crippen LogP contribution < -0.4 is 9.47 Å². The van der Waals surface area contributed by atoms with Gasteiger partial charge in [-0.15, -0.1) is 0 Å². The molecule has 2 atom stereocenters. The Balaban J connectivity index is 1.43. The molecule has 2 heterocycles. The molecule has 3 amide bonds. The van der Waals surface area contributed by atoms with Gasteiger partial charge in [0.05, 0.1) is 12.1 Å². The summed E-state index contributed by atoms with van der Waals surface area (Å²) in [5.41, 5.74) is 2.46. The molecule has 5 rings (SSSR count). The van der Waals surface area contributed by atoms with E-state index in [1.54, 1.807) is 23.1 Å². The molecule has 0 saturated carbocycles. The van der Waals surface area contributed by atoms with Crippen molar-refractivity contribution in [3.05, 3.63) is 99.0 Å². The second-order valence-corrected chi connectivity index (χ2v) is 12.1. The van der Waals surface area contributed by atoms with Gasteiger partial charge in [-0.1, -0.05) is 57.9 Å². The van der Waals surface area contributed by atoms with Gasteiger partial charge in [0.25, 0.3) is 5.91 Å². The lowest BCUT2D eigenvalue weighted by atomic mass is 9.81. The third kappa shape index (κ3) is 7.37. The Hall–Kier alpha value is -4.22. The standard InChI is InChI=1S/C33H33BrClN3O7/c1-2-36(18-22-5-3-4-6-28(22)35)31(39)30-27(17-24-19-37(32(40)41)20-29(30)38(24)33(42)43)21-7-11-25(12-8-21)44-15-16-45-26-13-9-23(34)10-14-26/h3-14,24,29H,2,15-20H2,1H3,(H,40,41)(H,42,43)/t24-,29-/m1/s1. The van der Waals surface area contributed by atoms with Crippen molar-refractivity contribution >= 4 is 51.2 Å². The zero-order valence-corrected chi connectivity index (χ0v) is 26.9. The second kappa shape index (κ2) is 14.3. The van der Waals surface area contributed by atoms with Gasteiger partial charge >= 0.3 is 12.2 Å². The number of amides is 3. The lowest BCUT2D eigenvalue weighted by Crippen LogP contribution is -2.64. The van der Waals surface area contributed by atoms with E-state index >= 15 is 0 Å². The summed E-state index contributed by atoms with van der Waals surface area (Å²) in [6.45, 7) is 2.92. The normalized spacial score (nSPS) is 17.6. The number of halogens is 2. The van der Waals surface area contributed by atoms with Crippen LogP contribution in [-0.2, 0) is 11.3 Å². The molecule has 2 aliphatic rings. The first-order valence-electron chi connectivity index (χ1n) is 14.5. The molecule has 2 bridgehead atoms. The molecular formula is C33H33BrClN3O7. The van der Waals surface area contributed by atoms with Gasteiger partial charge in [-0.25, -0.2) is 9.59 Å². The minimum Gasteiger partial charge on any atom is -0.490 e. The number of rotatable bonds is 10. The number of carbonyl (C=O) groups is 3. The predicted octanol–water partition coefficient (Wildman–Crippen LogP) is 6.48. The maximum atomic E-state index is 14.3. The topological polar surface area (TPSA) is 120 Å². The summed E-state index contributed by atoms with van der Waals surface area (Å²) in [4.78, 5) is 42.9. The molecule has 0 unspecified atom stereocenters. The number of nitrogens with zero attached hydrogens (tertiary/aromatic N) is 3. The van der Waals surface area contributed by atoms with E-state index in [1.165, 1.54) is 9.80 Å². The van der Waals surface area contributed by atoms with Crippen molar-refractivity contribution in [1.29, 1.82) is 0 Å². The molecular weight excluding hydrogens is 666 g/mol. The lowest BCUT2D eigenvalue weighted by molar-refractivity contribution is -0.128. The number of benzene rings is 3. The summed E-state index contributed by atoms with van der Waals surface area (Å²) in [5.74, 6) is 0.984. The predicted molar refractivity (Wildman–Crippen MR) is 173 cm³/mol. The highest BCUT2D eigenvalue weighted by molar-refractivity contribution is 9.10. The van der Waals surface area contributed by atoms with Gasteiger partial charge in [0.15, 0.2) is 0 Å². The summed E-state index contributed by atoms with van der Waals surface area (Å²) < 4.78 is 12.6. The van der Waals surface area contributed by atoms with Gasteiger partial charge in [0.1, 0.15) is 24.7 Å². The van der Waals surface area contributed by atoms with Crippen LogP contribution in [0.4, 0.5) is 9.59 Å². The van der Waals surface area contributed by atoms with Crippen LogP contribution in [0.25, 0.3) is 5.57 Å². The maximum absolute atomic E-state index is 14.3. The molecule has 236 valence electrons. The van der Waals surface area contributed by atoms with Crippen LogP contribution in [0.1, 0.15) is 24.5 Å². The molecule has 12 heteroatoms. The molecule has 2 N–H and O–H groups in total. The zero-order valence-electron chi connectivity index (χ0n) is 24.6. The van der Waals surface area contributed by atoms with Crippen LogP contribution >= 0.6 is 27.5 Å². The van der Waals surface area contributed by atoms with Crippen molar-refractivity contribution in [2.75, 3.05) is 32.8 Å². The second-order valence-electron chi connectivity index (χ2n) is 10.7. The molecule has 0 aromatic heterocycles. The number of carboxylic acid groups (broad SMARTS) is 2. The highest BCUT2D eigenvalue weighted by Gasteiger charge is 2.48. The summed E-state index contributed by atoms with van der Waals surface area (Å²) in [6, 6.07) is 20.4. The number of piperazine rings is 1. The quantitative estimate of drug-likeness (QED) is 0.233. The molecule has 0 radical (unpaired) electrons. The Morgan fingerprint density at radius 1 is 0.911 bits per heavy atom. The van der Waals surface area contributed by atoms with Crippen LogP contribution in [-0.4, -0.2) is 87.9 Å². The number of fused-ring (bicyclic) bond motifs is 2. The Labute approximate surface area is 274 Å². The molecule has 1 saturated heterocycles. The fourth-order valence-electron chi connectivity index (χ4n) is 5.83. The average molecular weight is 699 g/mol. The average Bonchev–Trinajstić information content (AvgIpc) is 3.02. The van der Waals surface area contributed by atoms with E-state index in [0.29, 0.717) is 36.1 Å². The van der Waals surface area contributed by atoms with Gasteiger partial charge in [-0.05, 0) is 72.5 Å². The molecule has 10 nitrogen and oxygen atoms in total. The Morgan fingerprint density at radius 2 is 1.53 bits per heavy atom. The summed E-state index contributed by atoms with van der Waals surface area (Å²) >= 11 is 9.81. The molecule has 3 aromatic rings. The van der Waals surface area contributed by atoms with Crippen LogP contribution in [0.2, 0.25) is 5.02 Å². The van der Waals surface area contributed by atoms with Crippen molar-refractivity contribution < 1.29 is 34.1 Å². The van der Waals surface area contributed by atoms with Crippen LogP contribution in [0.5, 0.6) is 11.5 Å². The van der Waals surface area contributed by atoms with Crippen molar-refractivity contribution in [1.82, 2.24) is 14.7 Å². The van der Waals surface area contributed by atoms with E-state index in [4.69, 9.17) is 21.1 Å². The van der Waals surface area contributed by atoms with Crippen LogP contribution in [0, 0.1) is 0 Å². The van der Waals surface area contributed by atoms with Crippen molar-refractivity contribution in [3.63, 3.8) is 0 Å². The highest BCUT2D eigenvalue weighted by Crippen LogP contribution is 2.40. The first-order chi connectivity index (χ1) is 21.7. The van der Waals surface area contributed by atoms with Crippen molar-refractivity contribution in [2.45, 2.75) is 32.0 Å². The lowest BCUT2D eigenvalue weighted by Gasteiger charge is -2.49. The molecule has 0 aliphatic carbocycles. The van der Waals surface area contributed by atoms with E-state index in [1.807, 2.05) is 61.5 Å². The molecule has 45 heavy (non-hydrogen) atoms. The molecule has 2 aliphatic heterocycles. The summed E-state index contributed by atoms with van der Waals surface area (Å²) in [7, 11) is 0. The molecule has 1 fully saturated rings.